The van der Waals surface area contributed by atoms with Gasteiger partial charge in [-0.1, -0.05) is 52.0 Å². The van der Waals surface area contributed by atoms with E-state index in [1.807, 2.05) is 0 Å². The summed E-state index contributed by atoms with van der Waals surface area (Å²) in [6.45, 7) is 10.3. The molecule has 0 radical (unpaired) electrons. The summed E-state index contributed by atoms with van der Waals surface area (Å²) in [5, 5.41) is 3.66. The fraction of sp³-hybridized carbons (Fsp3) is 0.647. The molecule has 1 nitrogen and oxygen atoms in total. The van der Waals surface area contributed by atoms with Crippen LogP contribution in [0.1, 0.15) is 51.7 Å². The van der Waals surface area contributed by atoms with E-state index in [9.17, 15) is 0 Å². The van der Waals surface area contributed by atoms with Crippen LogP contribution < -0.4 is 5.32 Å². The Hall–Kier alpha value is -0.820. The number of hydrogen-bond donors (Lipinski definition) is 1. The van der Waals surface area contributed by atoms with Gasteiger partial charge >= 0.3 is 0 Å². The maximum atomic E-state index is 3.66. The van der Waals surface area contributed by atoms with E-state index >= 15 is 0 Å². The van der Waals surface area contributed by atoms with Crippen molar-refractivity contribution in [3.8, 4) is 0 Å². The topological polar surface area (TPSA) is 12.0 Å². The largest absolute Gasteiger partial charge is 0.313 e. The average Bonchev–Trinajstić information content (AvgIpc) is 2.32. The van der Waals surface area contributed by atoms with Gasteiger partial charge in [-0.25, -0.2) is 0 Å². The molecular formula is C17H27N. The first-order chi connectivity index (χ1) is 8.45. The van der Waals surface area contributed by atoms with E-state index in [2.05, 4.69) is 57.3 Å². The second kappa shape index (κ2) is 5.44. The number of piperidine rings is 1. The molecule has 1 heterocycles. The van der Waals surface area contributed by atoms with Gasteiger partial charge in [0.15, 0.2) is 0 Å². The van der Waals surface area contributed by atoms with Gasteiger partial charge in [-0.2, -0.15) is 0 Å². The zero-order chi connectivity index (χ0) is 13.2. The molecule has 2 unspecified atom stereocenters. The minimum absolute atomic E-state index is 0.261. The average molecular weight is 245 g/mol. The highest BCUT2D eigenvalue weighted by atomic mass is 14.9. The molecule has 1 saturated heterocycles. The Kier molecular flexibility index (Phi) is 4.11. The Labute approximate surface area is 112 Å². The van der Waals surface area contributed by atoms with Crippen LogP contribution in [0.2, 0.25) is 0 Å². The molecule has 1 heteroatoms. The lowest BCUT2D eigenvalue weighted by molar-refractivity contribution is 0.326. The smallest absolute Gasteiger partial charge is 0.0108 e. The van der Waals surface area contributed by atoms with Gasteiger partial charge < -0.3 is 5.32 Å². The first kappa shape index (κ1) is 13.6. The van der Waals surface area contributed by atoms with Crippen LogP contribution >= 0.6 is 0 Å². The lowest BCUT2D eigenvalue weighted by Gasteiger charge is -2.28. The molecule has 2 rings (SSSR count). The Balaban J connectivity index is 1.94. The Morgan fingerprint density at radius 3 is 2.28 bits per heavy atom. The minimum atomic E-state index is 0.261. The van der Waals surface area contributed by atoms with Crippen molar-refractivity contribution in [2.45, 2.75) is 58.4 Å². The van der Waals surface area contributed by atoms with Crippen LogP contribution in [0.25, 0.3) is 0 Å². The summed E-state index contributed by atoms with van der Waals surface area (Å²) in [5.41, 5.74) is 3.16. The first-order valence-electron chi connectivity index (χ1n) is 7.28. The van der Waals surface area contributed by atoms with Crippen LogP contribution in [0, 0.1) is 5.92 Å². The van der Waals surface area contributed by atoms with Crippen molar-refractivity contribution < 1.29 is 0 Å². The van der Waals surface area contributed by atoms with E-state index in [0.29, 0.717) is 6.04 Å². The quantitative estimate of drug-likeness (QED) is 0.833. The lowest BCUT2D eigenvalue weighted by atomic mass is 9.86. The van der Waals surface area contributed by atoms with Gasteiger partial charge in [0, 0.05) is 6.04 Å². The van der Waals surface area contributed by atoms with E-state index in [1.54, 1.807) is 0 Å². The molecule has 1 aliphatic heterocycles. The van der Waals surface area contributed by atoms with Crippen molar-refractivity contribution in [3.05, 3.63) is 35.4 Å². The van der Waals surface area contributed by atoms with Crippen LogP contribution in [0.15, 0.2) is 24.3 Å². The Morgan fingerprint density at radius 1 is 1.11 bits per heavy atom. The van der Waals surface area contributed by atoms with Gasteiger partial charge in [0.05, 0.1) is 0 Å². The number of benzene rings is 1. The maximum absolute atomic E-state index is 3.66. The summed E-state index contributed by atoms with van der Waals surface area (Å²) in [7, 11) is 0. The van der Waals surface area contributed by atoms with Crippen LogP contribution in [-0.2, 0) is 11.8 Å². The van der Waals surface area contributed by atoms with E-state index in [1.165, 1.54) is 36.9 Å². The maximum Gasteiger partial charge on any atom is 0.0108 e. The van der Waals surface area contributed by atoms with Crippen molar-refractivity contribution >= 4 is 0 Å². The van der Waals surface area contributed by atoms with E-state index in [-0.39, 0.29) is 5.41 Å². The molecule has 0 bridgehead atoms. The van der Waals surface area contributed by atoms with E-state index in [0.717, 1.165) is 5.92 Å². The molecular weight excluding hydrogens is 218 g/mol. The molecule has 18 heavy (non-hydrogen) atoms. The molecule has 0 spiro atoms. The second-order valence-electron chi connectivity index (χ2n) is 6.94. The zero-order valence-corrected chi connectivity index (χ0v) is 12.3. The summed E-state index contributed by atoms with van der Waals surface area (Å²) >= 11 is 0. The molecule has 1 aliphatic rings. The van der Waals surface area contributed by atoms with Crippen molar-refractivity contribution in [1.29, 1.82) is 0 Å². The summed E-state index contributed by atoms with van der Waals surface area (Å²) < 4.78 is 0. The summed E-state index contributed by atoms with van der Waals surface area (Å²) in [5.74, 6) is 0.851. The highest BCUT2D eigenvalue weighted by Crippen LogP contribution is 2.23. The van der Waals surface area contributed by atoms with Crippen molar-refractivity contribution in [2.75, 3.05) is 6.54 Å². The third-order valence-electron chi connectivity index (χ3n) is 4.06. The number of hydrogen-bond acceptors (Lipinski definition) is 1. The normalized spacial score (nSPS) is 25.1. The number of rotatable bonds is 2. The second-order valence-corrected chi connectivity index (χ2v) is 6.94. The van der Waals surface area contributed by atoms with Crippen molar-refractivity contribution in [3.63, 3.8) is 0 Å². The summed E-state index contributed by atoms with van der Waals surface area (Å²) in [6, 6.07) is 9.88. The molecule has 1 aromatic carbocycles. The lowest BCUT2D eigenvalue weighted by Crippen LogP contribution is -2.39. The third kappa shape index (κ3) is 3.58. The third-order valence-corrected chi connectivity index (χ3v) is 4.06. The van der Waals surface area contributed by atoms with Crippen molar-refractivity contribution in [1.82, 2.24) is 5.32 Å². The highest BCUT2D eigenvalue weighted by molar-refractivity contribution is 5.28. The van der Waals surface area contributed by atoms with E-state index < -0.39 is 0 Å². The predicted octanol–water partition coefficient (Wildman–Crippen LogP) is 3.91. The molecule has 1 fully saturated rings. The number of nitrogens with one attached hydrogen (secondary N) is 1. The molecule has 0 aromatic heterocycles. The monoisotopic (exact) mass is 245 g/mol. The summed E-state index contributed by atoms with van der Waals surface area (Å²) in [4.78, 5) is 0. The standard InChI is InChI=1S/C17H27N/c1-13-5-10-16(18-12-13)11-14-6-8-15(9-7-14)17(2,3)4/h6-9,13,16,18H,5,10-12H2,1-4H3. The molecule has 0 saturated carbocycles. The van der Waals surface area contributed by atoms with Crippen LogP contribution in [0.4, 0.5) is 0 Å². The molecule has 0 aliphatic carbocycles. The van der Waals surface area contributed by atoms with Crippen LogP contribution in [0.5, 0.6) is 0 Å². The van der Waals surface area contributed by atoms with Crippen LogP contribution in [-0.4, -0.2) is 12.6 Å². The minimum Gasteiger partial charge on any atom is -0.313 e. The molecule has 1 aromatic rings. The first-order valence-corrected chi connectivity index (χ1v) is 7.28. The van der Waals surface area contributed by atoms with Gasteiger partial charge in [0.1, 0.15) is 0 Å². The van der Waals surface area contributed by atoms with Gasteiger partial charge in [-0.3, -0.25) is 0 Å². The van der Waals surface area contributed by atoms with Crippen LogP contribution in [0.3, 0.4) is 0 Å². The van der Waals surface area contributed by atoms with Crippen molar-refractivity contribution in [2.24, 2.45) is 5.92 Å². The molecule has 1 N–H and O–H groups in total. The fourth-order valence-electron chi connectivity index (χ4n) is 2.66. The van der Waals surface area contributed by atoms with E-state index in [4.69, 9.17) is 0 Å². The Morgan fingerprint density at radius 2 is 1.78 bits per heavy atom. The van der Waals surface area contributed by atoms with Gasteiger partial charge in [0.2, 0.25) is 0 Å². The van der Waals surface area contributed by atoms with Gasteiger partial charge in [-0.15, -0.1) is 0 Å². The SMILES string of the molecule is CC1CCC(Cc2ccc(C(C)(C)C)cc2)NC1. The zero-order valence-electron chi connectivity index (χ0n) is 12.3. The fourth-order valence-corrected chi connectivity index (χ4v) is 2.66. The van der Waals surface area contributed by atoms with Gasteiger partial charge in [0.25, 0.3) is 0 Å². The summed E-state index contributed by atoms with van der Waals surface area (Å²) in [6.07, 6.45) is 3.87. The van der Waals surface area contributed by atoms with Gasteiger partial charge in [-0.05, 0) is 48.3 Å². The Bertz CT molecular complexity index is 364. The molecule has 0 amide bonds. The predicted molar refractivity (Wildman–Crippen MR) is 79.0 cm³/mol. The molecule has 2 atom stereocenters. The highest BCUT2D eigenvalue weighted by Gasteiger charge is 2.18. The molecule has 100 valence electrons.